The van der Waals surface area contributed by atoms with Gasteiger partial charge in [-0.3, -0.25) is 14.4 Å². The van der Waals surface area contributed by atoms with E-state index in [-0.39, 0.29) is 42.9 Å². The van der Waals surface area contributed by atoms with Gasteiger partial charge in [0.15, 0.2) is 11.6 Å². The number of carboxylic acid groups (broad SMARTS) is 1. The first-order valence-corrected chi connectivity index (χ1v) is 16.4. The highest BCUT2D eigenvalue weighted by molar-refractivity contribution is 7.95. The van der Waals surface area contributed by atoms with Crippen molar-refractivity contribution in [1.29, 1.82) is 0 Å². The van der Waals surface area contributed by atoms with Gasteiger partial charge in [-0.25, -0.2) is 0 Å². The summed E-state index contributed by atoms with van der Waals surface area (Å²) in [6.07, 6.45) is 8.46. The summed E-state index contributed by atoms with van der Waals surface area (Å²) < 4.78 is 26.7. The molecule has 0 fully saturated rings. The molecule has 0 saturated heterocycles. The molecule has 2 rings (SSSR count). The fourth-order valence-corrected chi connectivity index (χ4v) is 7.99. The lowest BCUT2D eigenvalue weighted by Crippen LogP contribution is -2.24. The highest BCUT2D eigenvalue weighted by atomic mass is 32.2. The number of ketones is 2. The average molecular weight is 595 g/mol. The fraction of sp³-hybridized carbons (Fsp3) is 0.581. The summed E-state index contributed by atoms with van der Waals surface area (Å²) in [5.41, 5.74) is -0.0736. The van der Waals surface area contributed by atoms with Gasteiger partial charge in [0.25, 0.3) is 0 Å². The molecule has 7 nitrogen and oxygen atoms in total. The highest BCUT2D eigenvalue weighted by Gasteiger charge is 2.28. The van der Waals surface area contributed by atoms with E-state index in [1.807, 2.05) is 13.8 Å². The zero-order valence-electron chi connectivity index (χ0n) is 24.4. The van der Waals surface area contributed by atoms with Crippen LogP contribution in [0.25, 0.3) is 0 Å². The first-order chi connectivity index (χ1) is 18.6. The van der Waals surface area contributed by atoms with Crippen molar-refractivity contribution in [2.75, 3.05) is 6.61 Å². The maximum Gasteiger partial charge on any atom is 0.309 e. The van der Waals surface area contributed by atoms with Crippen LogP contribution < -0.4 is 0 Å². The number of hydrogen-bond donors (Lipinski definition) is 2. The molecule has 0 amide bonds. The van der Waals surface area contributed by atoms with Crippen LogP contribution in [0.15, 0.2) is 46.3 Å². The smallest absolute Gasteiger partial charge is 0.309 e. The van der Waals surface area contributed by atoms with E-state index in [9.17, 15) is 33.7 Å². The second kappa shape index (κ2) is 14.8. The molecular formula is C31H46O7S2. The van der Waals surface area contributed by atoms with Crippen molar-refractivity contribution >= 4 is 48.8 Å². The highest BCUT2D eigenvalue weighted by Crippen LogP contribution is 2.31. The number of unbranched alkanes of at least 4 members (excludes halogenated alkanes) is 2. The first-order valence-electron chi connectivity index (χ1n) is 13.9. The van der Waals surface area contributed by atoms with Crippen LogP contribution >= 0.6 is 0 Å². The number of carbonyl (C=O) groups excluding carboxylic acids is 2. The number of hydrogen-bond acceptors (Lipinski definition) is 6. The van der Waals surface area contributed by atoms with Gasteiger partial charge in [-0.2, -0.15) is 21.5 Å². The number of carbonyl (C=O) groups is 3. The number of thiol groups is 2. The minimum Gasteiger partial charge on any atom is -0.646 e. The molecule has 0 saturated carbocycles. The Bertz CT molecular complexity index is 1180. The largest absolute Gasteiger partial charge is 0.646 e. The van der Waals surface area contributed by atoms with E-state index >= 15 is 0 Å². The second-order valence-corrected chi connectivity index (χ2v) is 15.8. The van der Waals surface area contributed by atoms with Crippen LogP contribution in [0.2, 0.25) is 0 Å². The van der Waals surface area contributed by atoms with Crippen LogP contribution in [0.3, 0.4) is 0 Å². The van der Waals surface area contributed by atoms with Crippen molar-refractivity contribution < 1.29 is 33.7 Å². The van der Waals surface area contributed by atoms with E-state index in [2.05, 4.69) is 13.2 Å². The molecule has 2 N–H and O–H groups in total. The number of aliphatic hydroxyl groups excluding tert-OH is 1. The molecule has 0 bridgehead atoms. The van der Waals surface area contributed by atoms with Crippen molar-refractivity contribution in [1.82, 2.24) is 0 Å². The van der Waals surface area contributed by atoms with Gasteiger partial charge in [0.05, 0.1) is 28.0 Å². The lowest BCUT2D eigenvalue weighted by Gasteiger charge is -2.24. The van der Waals surface area contributed by atoms with Gasteiger partial charge in [0.2, 0.25) is 0 Å². The van der Waals surface area contributed by atoms with Gasteiger partial charge in [-0.15, -0.1) is 0 Å². The number of carboxylic acids is 1. The standard InChI is InChI=1S/C31H46O7S2/c1-21(27-18-23(33)16-25(39(27)37)11-7-9-13-30(3,4)20-32)15-22(2)28-19-24(34)17-26(40(28)38)12-8-10-14-31(5,6)29(35)36/h18-19,32,39-40H,1-2,7-17,20H2,3-6H3,(H-2,35,36,37,38). The molecule has 0 aromatic rings. The summed E-state index contributed by atoms with van der Waals surface area (Å²) in [5.74, 6) is -1.14. The monoisotopic (exact) mass is 594 g/mol. The van der Waals surface area contributed by atoms with Gasteiger partial charge in [-0.1, -0.05) is 39.8 Å². The molecule has 40 heavy (non-hydrogen) atoms. The molecule has 224 valence electrons. The summed E-state index contributed by atoms with van der Waals surface area (Å²) in [5, 5.41) is 18.7. The van der Waals surface area contributed by atoms with Crippen LogP contribution in [-0.4, -0.2) is 53.2 Å². The van der Waals surface area contributed by atoms with Gasteiger partial charge in [0.1, 0.15) is 9.81 Å². The van der Waals surface area contributed by atoms with Crippen molar-refractivity contribution in [2.24, 2.45) is 10.8 Å². The maximum absolute atomic E-state index is 13.3. The average Bonchev–Trinajstić information content (AvgIpc) is 2.87. The van der Waals surface area contributed by atoms with E-state index in [1.165, 1.54) is 12.2 Å². The van der Waals surface area contributed by atoms with Crippen LogP contribution in [0.4, 0.5) is 0 Å². The Hall–Kier alpha value is -1.91. The zero-order chi connectivity index (χ0) is 30.3. The second-order valence-electron chi connectivity index (χ2n) is 12.4. The summed E-state index contributed by atoms with van der Waals surface area (Å²) in [6, 6.07) is 0. The van der Waals surface area contributed by atoms with Gasteiger partial charge >= 0.3 is 5.97 Å². The van der Waals surface area contributed by atoms with Crippen molar-refractivity contribution in [3.63, 3.8) is 0 Å². The minimum atomic E-state index is -1.97. The summed E-state index contributed by atoms with van der Waals surface area (Å²) in [6.45, 7) is 15.6. The molecule has 0 radical (unpaired) electrons. The summed E-state index contributed by atoms with van der Waals surface area (Å²) in [7, 11) is -3.90. The number of aliphatic hydroxyl groups is 1. The van der Waals surface area contributed by atoms with Crippen LogP contribution in [0.1, 0.15) is 98.3 Å². The SMILES string of the molecule is C=C(CC(=C)C1=CC(=O)CC(CCCCC(C)(C)C(=O)O)=[SH+]1[O-])C1=CC(=O)CC(CCCCC(C)(C)CO)=[SH+]1[O-]. The Labute approximate surface area is 244 Å². The van der Waals surface area contributed by atoms with Gasteiger partial charge < -0.3 is 19.3 Å². The van der Waals surface area contributed by atoms with E-state index in [0.29, 0.717) is 62.8 Å². The van der Waals surface area contributed by atoms with E-state index in [1.54, 1.807) is 13.8 Å². The van der Waals surface area contributed by atoms with Crippen molar-refractivity contribution in [2.45, 2.75) is 98.3 Å². The molecule has 0 aromatic carbocycles. The Morgan fingerprint density at radius 3 is 1.68 bits per heavy atom. The Morgan fingerprint density at radius 1 is 0.850 bits per heavy atom. The molecule has 2 atom stereocenters. The molecule has 0 aliphatic carbocycles. The van der Waals surface area contributed by atoms with Crippen LogP contribution in [-0.2, 0) is 35.9 Å². The van der Waals surface area contributed by atoms with Crippen molar-refractivity contribution in [3.05, 3.63) is 46.3 Å². The molecule has 9 heteroatoms. The molecule has 2 heterocycles. The summed E-state index contributed by atoms with van der Waals surface area (Å²) in [4.78, 5) is 38.3. The van der Waals surface area contributed by atoms with Crippen LogP contribution in [0.5, 0.6) is 0 Å². The predicted octanol–water partition coefficient (Wildman–Crippen LogP) is 4.76. The quantitative estimate of drug-likeness (QED) is 0.114. The Morgan fingerprint density at radius 2 is 1.27 bits per heavy atom. The molecule has 0 aromatic heterocycles. The summed E-state index contributed by atoms with van der Waals surface area (Å²) >= 11 is 0. The Kier molecular flexibility index (Phi) is 12.7. The minimum absolute atomic E-state index is 0.102. The van der Waals surface area contributed by atoms with Crippen LogP contribution in [0, 0.1) is 10.8 Å². The van der Waals surface area contributed by atoms with E-state index in [0.717, 1.165) is 19.3 Å². The lowest BCUT2D eigenvalue weighted by atomic mass is 9.87. The number of allylic oxidation sites excluding steroid dienone is 4. The molecular weight excluding hydrogens is 548 g/mol. The fourth-order valence-electron chi connectivity index (χ4n) is 4.74. The molecule has 2 aliphatic heterocycles. The number of rotatable bonds is 16. The topological polar surface area (TPSA) is 138 Å². The lowest BCUT2D eigenvalue weighted by molar-refractivity contribution is -0.147. The van der Waals surface area contributed by atoms with Gasteiger partial charge in [-0.05, 0) is 44.9 Å². The maximum atomic E-state index is 13.3. The predicted molar refractivity (Wildman–Crippen MR) is 167 cm³/mol. The molecule has 2 aliphatic rings. The molecule has 0 spiro atoms. The van der Waals surface area contributed by atoms with Gasteiger partial charge in [0, 0.05) is 49.2 Å². The normalized spacial score (nSPS) is 20.4. The van der Waals surface area contributed by atoms with E-state index < -0.39 is 32.9 Å². The molecule has 2 unspecified atom stereocenters. The van der Waals surface area contributed by atoms with Crippen molar-refractivity contribution in [3.8, 4) is 0 Å². The third kappa shape index (κ3) is 9.87. The third-order valence-corrected chi connectivity index (χ3v) is 11.3. The van der Waals surface area contributed by atoms with E-state index in [4.69, 9.17) is 0 Å². The third-order valence-electron chi connectivity index (χ3n) is 7.61. The Balaban J connectivity index is 2.06. The first kappa shape index (κ1) is 34.3. The number of aliphatic carboxylic acids is 1. The zero-order valence-corrected chi connectivity index (χ0v) is 26.2.